The summed E-state index contributed by atoms with van der Waals surface area (Å²) in [5.74, 6) is 0.505. The minimum atomic E-state index is -3.45. The Morgan fingerprint density at radius 1 is 0.853 bits per heavy atom. The maximum Gasteiger partial charge on any atom is 0.251 e. The number of anilines is 1. The first-order chi connectivity index (χ1) is 16.5. The molecule has 3 aromatic rings. The molecule has 178 valence electrons. The van der Waals surface area contributed by atoms with E-state index in [-0.39, 0.29) is 18.2 Å². The third-order valence-electron chi connectivity index (χ3n) is 6.04. The normalized spacial score (nSPS) is 14.6. The van der Waals surface area contributed by atoms with Gasteiger partial charge >= 0.3 is 0 Å². The molecular formula is C26H30N4O3S. The molecule has 1 aliphatic rings. The lowest BCUT2D eigenvalue weighted by molar-refractivity contribution is 0.0955. The molecule has 0 radical (unpaired) electrons. The number of carbonyl (C=O) groups is 1. The highest BCUT2D eigenvalue weighted by molar-refractivity contribution is 7.89. The van der Waals surface area contributed by atoms with Crippen LogP contribution >= 0.6 is 0 Å². The van der Waals surface area contributed by atoms with Crippen LogP contribution < -0.4 is 10.2 Å². The minimum absolute atomic E-state index is 0.0780. The summed E-state index contributed by atoms with van der Waals surface area (Å²) in [6.07, 6.45) is 3.32. The molecule has 1 amide bonds. The highest BCUT2D eigenvalue weighted by atomic mass is 32.2. The summed E-state index contributed by atoms with van der Waals surface area (Å²) in [5, 5.41) is 2.80. The zero-order valence-electron chi connectivity index (χ0n) is 19.1. The Morgan fingerprint density at radius 2 is 1.56 bits per heavy atom. The van der Waals surface area contributed by atoms with E-state index < -0.39 is 10.0 Å². The van der Waals surface area contributed by atoms with E-state index in [4.69, 9.17) is 0 Å². The fraction of sp³-hybridized carbons (Fsp3) is 0.308. The van der Waals surface area contributed by atoms with Gasteiger partial charge in [0.1, 0.15) is 5.82 Å². The Hall–Kier alpha value is -3.23. The maximum absolute atomic E-state index is 12.8. The van der Waals surface area contributed by atoms with Gasteiger partial charge in [-0.2, -0.15) is 4.31 Å². The van der Waals surface area contributed by atoms with Crippen LogP contribution in [0.1, 0.15) is 21.5 Å². The molecule has 0 saturated carbocycles. The Bertz CT molecular complexity index is 1180. The van der Waals surface area contributed by atoms with Crippen LogP contribution in [-0.4, -0.2) is 62.1 Å². The molecule has 0 aliphatic carbocycles. The SMILES string of the molecule is O=C(NCCS(=O)(=O)N1CCN(c2ccccn2)CC1)c1ccccc1CCc1ccccc1. The van der Waals surface area contributed by atoms with Crippen molar-refractivity contribution in [2.45, 2.75) is 12.8 Å². The predicted molar refractivity (Wildman–Crippen MR) is 134 cm³/mol. The second-order valence-electron chi connectivity index (χ2n) is 8.29. The number of aromatic nitrogens is 1. The van der Waals surface area contributed by atoms with Crippen molar-refractivity contribution in [2.75, 3.05) is 43.4 Å². The number of carbonyl (C=O) groups excluding carboxylic acids is 1. The lowest BCUT2D eigenvalue weighted by Gasteiger charge is -2.34. The number of hydrogen-bond donors (Lipinski definition) is 1. The molecule has 7 nitrogen and oxygen atoms in total. The van der Waals surface area contributed by atoms with E-state index in [1.807, 2.05) is 54.6 Å². The van der Waals surface area contributed by atoms with E-state index in [0.29, 0.717) is 31.7 Å². The Balaban J connectivity index is 1.27. The molecule has 1 saturated heterocycles. The summed E-state index contributed by atoms with van der Waals surface area (Å²) < 4.78 is 27.1. The van der Waals surface area contributed by atoms with Gasteiger partial charge in [-0.15, -0.1) is 0 Å². The summed E-state index contributed by atoms with van der Waals surface area (Å²) in [6, 6.07) is 23.4. The molecule has 0 spiro atoms. The molecule has 2 heterocycles. The van der Waals surface area contributed by atoms with Crippen molar-refractivity contribution >= 4 is 21.7 Å². The van der Waals surface area contributed by atoms with Crippen LogP contribution in [-0.2, 0) is 22.9 Å². The van der Waals surface area contributed by atoms with Crippen molar-refractivity contribution in [3.63, 3.8) is 0 Å². The van der Waals surface area contributed by atoms with Crippen molar-refractivity contribution in [1.82, 2.24) is 14.6 Å². The summed E-state index contributed by atoms with van der Waals surface area (Å²) in [5.41, 5.74) is 2.77. The number of amides is 1. The molecule has 8 heteroatoms. The standard InChI is InChI=1S/C26H30N4O3S/c31-26(24-11-5-4-10-23(24)14-13-22-8-2-1-3-9-22)28-16-21-34(32,33)30-19-17-29(18-20-30)25-12-6-7-15-27-25/h1-12,15H,13-14,16-21H2,(H,28,31). The van der Waals surface area contributed by atoms with E-state index >= 15 is 0 Å². The molecule has 0 bridgehead atoms. The fourth-order valence-corrected chi connectivity index (χ4v) is 5.48. The molecule has 34 heavy (non-hydrogen) atoms. The number of nitrogens with one attached hydrogen (secondary N) is 1. The van der Waals surface area contributed by atoms with Gasteiger partial charge in [0.2, 0.25) is 10.0 Å². The Labute approximate surface area is 201 Å². The average Bonchev–Trinajstić information content (AvgIpc) is 2.89. The van der Waals surface area contributed by atoms with Gasteiger partial charge in [0.15, 0.2) is 0 Å². The summed E-state index contributed by atoms with van der Waals surface area (Å²) in [6.45, 7) is 2.09. The largest absolute Gasteiger partial charge is 0.354 e. The number of rotatable bonds is 9. The highest BCUT2D eigenvalue weighted by Crippen LogP contribution is 2.15. The first kappa shape index (κ1) is 23.9. The Morgan fingerprint density at radius 3 is 2.29 bits per heavy atom. The zero-order valence-corrected chi connectivity index (χ0v) is 20.0. The highest BCUT2D eigenvalue weighted by Gasteiger charge is 2.27. The van der Waals surface area contributed by atoms with Crippen molar-refractivity contribution in [2.24, 2.45) is 0 Å². The van der Waals surface area contributed by atoms with Crippen molar-refractivity contribution < 1.29 is 13.2 Å². The zero-order chi connectivity index (χ0) is 23.8. The first-order valence-corrected chi connectivity index (χ1v) is 13.2. The lowest BCUT2D eigenvalue weighted by Crippen LogP contribution is -2.50. The van der Waals surface area contributed by atoms with Gasteiger partial charge in [-0.1, -0.05) is 54.6 Å². The van der Waals surface area contributed by atoms with E-state index in [1.165, 1.54) is 9.87 Å². The van der Waals surface area contributed by atoms with Crippen LogP contribution in [0.5, 0.6) is 0 Å². The summed E-state index contributed by atoms with van der Waals surface area (Å²) in [7, 11) is -3.45. The maximum atomic E-state index is 12.8. The first-order valence-electron chi connectivity index (χ1n) is 11.6. The second-order valence-corrected chi connectivity index (χ2v) is 10.4. The number of nitrogens with zero attached hydrogens (tertiary/aromatic N) is 3. The number of aryl methyl sites for hydroxylation is 2. The van der Waals surface area contributed by atoms with Crippen molar-refractivity contribution in [1.29, 1.82) is 0 Å². The van der Waals surface area contributed by atoms with Gasteiger partial charge in [0.25, 0.3) is 5.91 Å². The van der Waals surface area contributed by atoms with Crippen LogP contribution in [0.25, 0.3) is 0 Å². The van der Waals surface area contributed by atoms with Crippen LogP contribution in [0, 0.1) is 0 Å². The number of hydrogen-bond acceptors (Lipinski definition) is 5. The Kier molecular flexibility index (Phi) is 7.92. The molecule has 1 aliphatic heterocycles. The van der Waals surface area contributed by atoms with Crippen LogP contribution in [0.2, 0.25) is 0 Å². The molecular weight excluding hydrogens is 448 g/mol. The molecule has 0 atom stereocenters. The van der Waals surface area contributed by atoms with E-state index in [2.05, 4.69) is 27.3 Å². The second kappa shape index (κ2) is 11.3. The third kappa shape index (κ3) is 6.21. The fourth-order valence-electron chi connectivity index (χ4n) is 4.14. The van der Waals surface area contributed by atoms with Gasteiger partial charge in [-0.05, 0) is 42.2 Å². The average molecular weight is 479 g/mol. The number of pyridine rings is 1. The molecule has 0 unspecified atom stereocenters. The quantitative estimate of drug-likeness (QED) is 0.511. The third-order valence-corrected chi connectivity index (χ3v) is 7.91. The van der Waals surface area contributed by atoms with Gasteiger partial charge in [0.05, 0.1) is 5.75 Å². The van der Waals surface area contributed by atoms with E-state index in [0.717, 1.165) is 24.2 Å². The molecule has 1 N–H and O–H groups in total. The smallest absolute Gasteiger partial charge is 0.251 e. The number of piperazine rings is 1. The number of benzene rings is 2. The summed E-state index contributed by atoms with van der Waals surface area (Å²) >= 11 is 0. The van der Waals surface area contributed by atoms with E-state index in [1.54, 1.807) is 12.3 Å². The summed E-state index contributed by atoms with van der Waals surface area (Å²) in [4.78, 5) is 19.2. The van der Waals surface area contributed by atoms with Gasteiger partial charge < -0.3 is 10.2 Å². The monoisotopic (exact) mass is 478 g/mol. The predicted octanol–water partition coefficient (Wildman–Crippen LogP) is 2.75. The van der Waals surface area contributed by atoms with E-state index in [9.17, 15) is 13.2 Å². The van der Waals surface area contributed by atoms with Gasteiger partial charge in [-0.25, -0.2) is 13.4 Å². The van der Waals surface area contributed by atoms with Gasteiger partial charge in [0, 0.05) is 44.5 Å². The van der Waals surface area contributed by atoms with Crippen molar-refractivity contribution in [3.05, 3.63) is 95.7 Å². The van der Waals surface area contributed by atoms with Crippen LogP contribution in [0.3, 0.4) is 0 Å². The lowest BCUT2D eigenvalue weighted by atomic mass is 9.99. The van der Waals surface area contributed by atoms with Crippen LogP contribution in [0.15, 0.2) is 79.0 Å². The molecule has 4 rings (SSSR count). The minimum Gasteiger partial charge on any atom is -0.354 e. The molecule has 1 aromatic heterocycles. The van der Waals surface area contributed by atoms with Crippen LogP contribution in [0.4, 0.5) is 5.82 Å². The van der Waals surface area contributed by atoms with Gasteiger partial charge in [-0.3, -0.25) is 4.79 Å². The topological polar surface area (TPSA) is 82.6 Å². The number of sulfonamides is 1. The molecule has 1 fully saturated rings. The molecule has 2 aromatic carbocycles. The van der Waals surface area contributed by atoms with Crippen molar-refractivity contribution in [3.8, 4) is 0 Å².